The van der Waals surface area contributed by atoms with E-state index in [2.05, 4.69) is 10.1 Å². The molecule has 3 rings (SSSR count). The van der Waals surface area contributed by atoms with Crippen molar-refractivity contribution < 1.29 is 8.78 Å². The third kappa shape index (κ3) is 1.66. The van der Waals surface area contributed by atoms with Crippen LogP contribution in [0.1, 0.15) is 12.0 Å². The van der Waals surface area contributed by atoms with Crippen molar-refractivity contribution in [3.05, 3.63) is 24.0 Å². The summed E-state index contributed by atoms with van der Waals surface area (Å²) in [5, 5.41) is 12.8. The quantitative estimate of drug-likeness (QED) is 0.767. The van der Waals surface area contributed by atoms with E-state index in [9.17, 15) is 8.78 Å². The summed E-state index contributed by atoms with van der Waals surface area (Å²) in [7, 11) is 0. The highest BCUT2D eigenvalue weighted by Crippen LogP contribution is 2.30. The third-order valence-electron chi connectivity index (χ3n) is 2.97. The Hall–Kier alpha value is -2.23. The molecule has 0 aliphatic carbocycles. The molecule has 7 heteroatoms. The molecule has 0 radical (unpaired) electrons. The van der Waals surface area contributed by atoms with E-state index >= 15 is 0 Å². The Morgan fingerprint density at radius 2 is 2.28 bits per heavy atom. The molecule has 3 heterocycles. The van der Waals surface area contributed by atoms with Crippen LogP contribution in [0.3, 0.4) is 0 Å². The molecule has 0 aromatic carbocycles. The molecule has 2 aromatic heterocycles. The third-order valence-corrected chi connectivity index (χ3v) is 2.97. The lowest BCUT2D eigenvalue weighted by molar-refractivity contribution is 0.0257. The molecule has 0 N–H and O–H groups in total. The Bertz CT molecular complexity index is 642. The second-order valence-electron chi connectivity index (χ2n) is 4.25. The van der Waals surface area contributed by atoms with Gasteiger partial charge in [0.15, 0.2) is 5.65 Å². The van der Waals surface area contributed by atoms with Gasteiger partial charge in [-0.3, -0.25) is 0 Å². The van der Waals surface area contributed by atoms with Crippen molar-refractivity contribution in [2.24, 2.45) is 0 Å². The lowest BCUT2D eigenvalue weighted by atomic mass is 10.3. The monoisotopic (exact) mass is 249 g/mol. The van der Waals surface area contributed by atoms with Gasteiger partial charge in [-0.2, -0.15) is 10.4 Å². The minimum absolute atomic E-state index is 0.162. The van der Waals surface area contributed by atoms with Crippen LogP contribution in [-0.2, 0) is 0 Å². The first-order valence-corrected chi connectivity index (χ1v) is 5.46. The van der Waals surface area contributed by atoms with Crippen molar-refractivity contribution in [2.45, 2.75) is 12.3 Å². The minimum Gasteiger partial charge on any atom is -0.350 e. The Morgan fingerprint density at radius 1 is 1.44 bits per heavy atom. The van der Waals surface area contributed by atoms with E-state index in [0.29, 0.717) is 17.0 Å². The van der Waals surface area contributed by atoms with Gasteiger partial charge in [0.25, 0.3) is 5.92 Å². The van der Waals surface area contributed by atoms with E-state index < -0.39 is 5.92 Å². The molecule has 0 bridgehead atoms. The normalized spacial score (nSPS) is 18.2. The first-order valence-electron chi connectivity index (χ1n) is 5.46. The first-order chi connectivity index (χ1) is 8.59. The van der Waals surface area contributed by atoms with Gasteiger partial charge in [0, 0.05) is 19.2 Å². The Labute approximate surface area is 101 Å². The number of rotatable bonds is 1. The van der Waals surface area contributed by atoms with Gasteiger partial charge in [0.05, 0.1) is 12.7 Å². The SMILES string of the molecule is N#Cc1cnn2ccc(N3CCC(F)(F)C3)nc12. The van der Waals surface area contributed by atoms with Crippen LogP contribution in [0.2, 0.25) is 0 Å². The van der Waals surface area contributed by atoms with Crippen molar-refractivity contribution >= 4 is 11.5 Å². The van der Waals surface area contributed by atoms with E-state index in [1.165, 1.54) is 15.6 Å². The zero-order chi connectivity index (χ0) is 12.8. The number of fused-ring (bicyclic) bond motifs is 1. The number of nitriles is 1. The molecule has 1 aliphatic heterocycles. The van der Waals surface area contributed by atoms with Crippen molar-refractivity contribution in [2.75, 3.05) is 18.0 Å². The molecule has 92 valence electrons. The van der Waals surface area contributed by atoms with Gasteiger partial charge in [0.1, 0.15) is 17.5 Å². The molecular formula is C11H9F2N5. The molecular weight excluding hydrogens is 240 g/mol. The van der Waals surface area contributed by atoms with Crippen LogP contribution in [0.25, 0.3) is 5.65 Å². The summed E-state index contributed by atoms with van der Waals surface area (Å²) in [6.45, 7) is -0.0571. The summed E-state index contributed by atoms with van der Waals surface area (Å²) in [5.74, 6) is -2.21. The average Bonchev–Trinajstić information content (AvgIpc) is 2.91. The highest BCUT2D eigenvalue weighted by atomic mass is 19.3. The summed E-state index contributed by atoms with van der Waals surface area (Å²) in [6.07, 6.45) is 2.86. The van der Waals surface area contributed by atoms with Gasteiger partial charge in [-0.25, -0.2) is 18.3 Å². The predicted molar refractivity (Wildman–Crippen MR) is 59.5 cm³/mol. The lowest BCUT2D eigenvalue weighted by Gasteiger charge is -2.16. The summed E-state index contributed by atoms with van der Waals surface area (Å²) in [5.41, 5.74) is 0.730. The smallest absolute Gasteiger partial charge is 0.266 e. The number of halogens is 2. The van der Waals surface area contributed by atoms with Crippen LogP contribution in [0.4, 0.5) is 14.6 Å². The number of nitrogens with zero attached hydrogens (tertiary/aromatic N) is 5. The molecule has 18 heavy (non-hydrogen) atoms. The molecule has 0 atom stereocenters. The number of hydrogen-bond donors (Lipinski definition) is 0. The maximum atomic E-state index is 13.1. The maximum absolute atomic E-state index is 13.1. The molecule has 5 nitrogen and oxygen atoms in total. The Kier molecular flexibility index (Phi) is 2.20. The minimum atomic E-state index is -2.66. The number of alkyl halides is 2. The van der Waals surface area contributed by atoms with Crippen LogP contribution in [-0.4, -0.2) is 33.6 Å². The second kappa shape index (κ2) is 3.63. The molecule has 1 aliphatic rings. The van der Waals surface area contributed by atoms with Crippen LogP contribution in [0.5, 0.6) is 0 Å². The summed E-state index contributed by atoms with van der Waals surface area (Å²) in [6, 6.07) is 3.60. The zero-order valence-electron chi connectivity index (χ0n) is 9.35. The van der Waals surface area contributed by atoms with E-state index in [-0.39, 0.29) is 19.5 Å². The number of aromatic nitrogens is 3. The topological polar surface area (TPSA) is 57.2 Å². The van der Waals surface area contributed by atoms with E-state index in [1.807, 2.05) is 6.07 Å². The Morgan fingerprint density at radius 3 is 2.94 bits per heavy atom. The maximum Gasteiger partial charge on any atom is 0.266 e. The highest BCUT2D eigenvalue weighted by molar-refractivity contribution is 5.57. The first kappa shape index (κ1) is 10.9. The van der Waals surface area contributed by atoms with Gasteiger partial charge >= 0.3 is 0 Å². The van der Waals surface area contributed by atoms with Crippen LogP contribution in [0, 0.1) is 11.3 Å². The molecule has 1 saturated heterocycles. The van der Waals surface area contributed by atoms with Crippen molar-refractivity contribution in [1.82, 2.24) is 14.6 Å². The molecule has 2 aromatic rings. The van der Waals surface area contributed by atoms with Crippen LogP contribution in [0.15, 0.2) is 18.5 Å². The van der Waals surface area contributed by atoms with Crippen molar-refractivity contribution in [1.29, 1.82) is 5.26 Å². The van der Waals surface area contributed by atoms with Gasteiger partial charge in [-0.15, -0.1) is 0 Å². The molecule has 1 fully saturated rings. The second-order valence-corrected chi connectivity index (χ2v) is 4.25. The summed E-state index contributed by atoms with van der Waals surface area (Å²) in [4.78, 5) is 5.75. The number of hydrogen-bond acceptors (Lipinski definition) is 4. The van der Waals surface area contributed by atoms with Gasteiger partial charge in [-0.1, -0.05) is 0 Å². The fourth-order valence-electron chi connectivity index (χ4n) is 2.05. The fourth-order valence-corrected chi connectivity index (χ4v) is 2.05. The van der Waals surface area contributed by atoms with E-state index in [1.54, 1.807) is 12.3 Å². The van der Waals surface area contributed by atoms with Crippen LogP contribution < -0.4 is 4.90 Å². The summed E-state index contributed by atoms with van der Waals surface area (Å²) >= 11 is 0. The van der Waals surface area contributed by atoms with Crippen molar-refractivity contribution in [3.8, 4) is 6.07 Å². The fraction of sp³-hybridized carbons (Fsp3) is 0.364. The van der Waals surface area contributed by atoms with E-state index in [4.69, 9.17) is 5.26 Å². The highest BCUT2D eigenvalue weighted by Gasteiger charge is 2.38. The lowest BCUT2D eigenvalue weighted by Crippen LogP contribution is -2.25. The van der Waals surface area contributed by atoms with Gasteiger partial charge in [0.2, 0.25) is 0 Å². The standard InChI is InChI=1S/C11H9F2N5/c12-11(13)2-4-17(7-11)9-1-3-18-10(16-9)8(5-14)6-15-18/h1,3,6H,2,4,7H2. The Balaban J connectivity index is 2.01. The van der Waals surface area contributed by atoms with Gasteiger partial charge < -0.3 is 4.90 Å². The molecule has 0 spiro atoms. The predicted octanol–water partition coefficient (Wildman–Crippen LogP) is 1.45. The zero-order valence-corrected chi connectivity index (χ0v) is 9.35. The molecule has 0 amide bonds. The van der Waals surface area contributed by atoms with Crippen molar-refractivity contribution in [3.63, 3.8) is 0 Å². The largest absolute Gasteiger partial charge is 0.350 e. The van der Waals surface area contributed by atoms with E-state index in [0.717, 1.165) is 0 Å². The van der Waals surface area contributed by atoms with Gasteiger partial charge in [-0.05, 0) is 6.07 Å². The van der Waals surface area contributed by atoms with Crippen LogP contribution >= 0.6 is 0 Å². The average molecular weight is 249 g/mol. The molecule has 0 unspecified atom stereocenters. The number of anilines is 1. The summed E-state index contributed by atoms with van der Waals surface area (Å²) < 4.78 is 27.7. The molecule has 0 saturated carbocycles.